The van der Waals surface area contributed by atoms with Gasteiger partial charge in [0.15, 0.2) is 0 Å². The minimum absolute atomic E-state index is 0.0904. The van der Waals surface area contributed by atoms with Crippen LogP contribution in [0.25, 0.3) is 0 Å². The van der Waals surface area contributed by atoms with Crippen molar-refractivity contribution in [1.82, 2.24) is 16.0 Å². The van der Waals surface area contributed by atoms with Crippen molar-refractivity contribution in [3.8, 4) is 0 Å². The number of benzene rings is 3. The van der Waals surface area contributed by atoms with E-state index in [9.17, 15) is 14.4 Å². The lowest BCUT2D eigenvalue weighted by Crippen LogP contribution is -2.69. The topological polar surface area (TPSA) is 96.5 Å². The minimum atomic E-state index is -0.901. The zero-order chi connectivity index (χ0) is 23.8. The molecule has 3 amide bonds. The molecule has 3 atom stereocenters. The first-order chi connectivity index (χ1) is 16.6. The molecule has 0 bridgehead atoms. The van der Waals surface area contributed by atoms with E-state index in [1.54, 1.807) is 0 Å². The lowest BCUT2D eigenvalue weighted by Gasteiger charge is -2.37. The smallest absolute Gasteiger partial charge is 0.408 e. The molecule has 1 fully saturated rings. The van der Waals surface area contributed by atoms with Gasteiger partial charge in [-0.15, -0.1) is 0 Å². The van der Waals surface area contributed by atoms with Crippen molar-refractivity contribution in [3.63, 3.8) is 0 Å². The second-order valence-corrected chi connectivity index (χ2v) is 9.01. The van der Waals surface area contributed by atoms with Crippen LogP contribution in [0.4, 0.5) is 4.79 Å². The van der Waals surface area contributed by atoms with Gasteiger partial charge in [-0.1, -0.05) is 90.6 Å². The highest BCUT2D eigenvalue weighted by atomic mass is 32.2. The van der Waals surface area contributed by atoms with Crippen LogP contribution in [0.3, 0.4) is 0 Å². The number of nitrogens with one attached hydrogen (secondary N) is 3. The molecule has 3 aromatic carbocycles. The molecule has 1 aliphatic rings. The summed E-state index contributed by atoms with van der Waals surface area (Å²) in [5.74, 6) is -0.703. The first-order valence-corrected chi connectivity index (χ1v) is 11.8. The summed E-state index contributed by atoms with van der Waals surface area (Å²) < 4.78 is 5.30. The lowest BCUT2D eigenvalue weighted by molar-refractivity contribution is -0.134. The van der Waals surface area contributed by atoms with Gasteiger partial charge in [0.25, 0.3) is 0 Å². The van der Waals surface area contributed by atoms with Gasteiger partial charge in [-0.3, -0.25) is 9.59 Å². The molecular weight excluding hydrogens is 450 g/mol. The van der Waals surface area contributed by atoms with Crippen molar-refractivity contribution in [2.75, 3.05) is 0 Å². The van der Waals surface area contributed by atoms with Gasteiger partial charge < -0.3 is 20.7 Å². The Bertz CT molecular complexity index is 1110. The zero-order valence-electron chi connectivity index (χ0n) is 18.3. The second kappa shape index (κ2) is 11.4. The fraction of sp³-hybridized carbons (Fsp3) is 0.192. The first kappa shape index (κ1) is 23.4. The van der Waals surface area contributed by atoms with E-state index in [-0.39, 0.29) is 24.3 Å². The van der Waals surface area contributed by atoms with Crippen molar-refractivity contribution in [2.45, 2.75) is 35.4 Å². The van der Waals surface area contributed by atoms with E-state index < -0.39 is 24.1 Å². The normalized spacial score (nSPS) is 17.6. The molecule has 0 aromatic heterocycles. The highest BCUT2D eigenvalue weighted by Gasteiger charge is 2.42. The summed E-state index contributed by atoms with van der Waals surface area (Å²) in [6, 6.07) is 26.7. The fourth-order valence-electron chi connectivity index (χ4n) is 3.46. The number of ether oxygens (including phenoxy) is 1. The van der Waals surface area contributed by atoms with Gasteiger partial charge in [0.05, 0.1) is 0 Å². The van der Waals surface area contributed by atoms with E-state index in [1.807, 2.05) is 91.0 Å². The van der Waals surface area contributed by atoms with Crippen molar-refractivity contribution in [3.05, 3.63) is 102 Å². The van der Waals surface area contributed by atoms with Crippen LogP contribution in [0.5, 0.6) is 0 Å². The molecule has 0 spiro atoms. The van der Waals surface area contributed by atoms with Crippen LogP contribution in [0.2, 0.25) is 0 Å². The Hall–Kier alpha value is -3.78. The van der Waals surface area contributed by atoms with Crippen molar-refractivity contribution in [2.24, 2.45) is 0 Å². The van der Waals surface area contributed by atoms with Crippen LogP contribution in [0.1, 0.15) is 11.1 Å². The quantitative estimate of drug-likeness (QED) is 0.413. The van der Waals surface area contributed by atoms with Crippen molar-refractivity contribution >= 4 is 29.7 Å². The van der Waals surface area contributed by atoms with Crippen molar-refractivity contribution in [1.29, 1.82) is 0 Å². The van der Waals surface area contributed by atoms with Crippen LogP contribution in [-0.4, -0.2) is 35.4 Å². The summed E-state index contributed by atoms with van der Waals surface area (Å²) in [5.41, 5.74) is 1.72. The van der Waals surface area contributed by atoms with Crippen LogP contribution in [0.15, 0.2) is 95.9 Å². The van der Waals surface area contributed by atoms with Crippen LogP contribution < -0.4 is 16.0 Å². The molecule has 0 aliphatic carbocycles. The summed E-state index contributed by atoms with van der Waals surface area (Å²) in [7, 11) is 0. The standard InChI is InChI=1S/C26H25N3O4S/c30-23(28-22-24(31)29-25(22)34-20-14-8-3-9-15-20)21(16-18-10-4-1-5-11-18)27-26(32)33-17-19-12-6-2-7-13-19/h1-15,21-22,25H,16-17H2,(H,27,32)(H,28,30)(H,29,31)/t21-,22-,25-/m0/s1. The third-order valence-corrected chi connectivity index (χ3v) is 6.47. The summed E-state index contributed by atoms with van der Waals surface area (Å²) in [6.45, 7) is 0.0904. The van der Waals surface area contributed by atoms with Gasteiger partial charge in [0.1, 0.15) is 24.1 Å². The molecule has 7 nitrogen and oxygen atoms in total. The molecule has 0 radical (unpaired) electrons. The fourth-order valence-corrected chi connectivity index (χ4v) is 4.57. The average molecular weight is 476 g/mol. The SMILES string of the molecule is O=C(N[C@@H](Cc1ccccc1)C(=O)N[C@H]1C(=O)N[C@H]1Sc1ccccc1)OCc1ccccc1. The maximum absolute atomic E-state index is 13.1. The molecule has 0 saturated carbocycles. The van der Waals surface area contributed by atoms with Crippen LogP contribution in [0, 0.1) is 0 Å². The Morgan fingerprint density at radius 2 is 1.47 bits per heavy atom. The Morgan fingerprint density at radius 3 is 2.09 bits per heavy atom. The summed E-state index contributed by atoms with van der Waals surface area (Å²) >= 11 is 1.46. The van der Waals surface area contributed by atoms with E-state index in [1.165, 1.54) is 11.8 Å². The molecule has 3 aromatic rings. The number of rotatable bonds is 9. The first-order valence-electron chi connectivity index (χ1n) is 10.9. The average Bonchev–Trinajstić information content (AvgIpc) is 2.87. The molecular formula is C26H25N3O4S. The maximum atomic E-state index is 13.1. The Balaban J connectivity index is 1.39. The van der Waals surface area contributed by atoms with E-state index >= 15 is 0 Å². The predicted molar refractivity (Wildman–Crippen MR) is 130 cm³/mol. The highest BCUT2D eigenvalue weighted by molar-refractivity contribution is 8.00. The largest absolute Gasteiger partial charge is 0.445 e. The Morgan fingerprint density at radius 1 is 0.882 bits per heavy atom. The molecule has 1 heterocycles. The number of carbonyl (C=O) groups is 3. The third kappa shape index (κ3) is 6.39. The number of carbonyl (C=O) groups excluding carboxylic acids is 3. The molecule has 3 N–H and O–H groups in total. The molecule has 8 heteroatoms. The van der Waals surface area contributed by atoms with Gasteiger partial charge in [-0.05, 0) is 23.3 Å². The second-order valence-electron chi connectivity index (χ2n) is 7.79. The Labute approximate surface area is 202 Å². The number of thioether (sulfide) groups is 1. The van der Waals surface area contributed by atoms with E-state index in [4.69, 9.17) is 4.74 Å². The third-order valence-electron chi connectivity index (χ3n) is 5.28. The number of hydrogen-bond acceptors (Lipinski definition) is 5. The molecule has 1 aliphatic heterocycles. The maximum Gasteiger partial charge on any atom is 0.408 e. The van der Waals surface area contributed by atoms with Crippen LogP contribution in [-0.2, 0) is 27.4 Å². The van der Waals surface area contributed by atoms with E-state index in [0.717, 1.165) is 16.0 Å². The summed E-state index contributed by atoms with van der Waals surface area (Å²) in [5, 5.41) is 7.97. The number of alkyl carbamates (subject to hydrolysis) is 1. The summed E-state index contributed by atoms with van der Waals surface area (Å²) in [6.07, 6.45) is -0.439. The monoisotopic (exact) mass is 475 g/mol. The molecule has 174 valence electrons. The molecule has 4 rings (SSSR count). The lowest BCUT2D eigenvalue weighted by atomic mass is 10.0. The predicted octanol–water partition coefficient (Wildman–Crippen LogP) is 3.26. The van der Waals surface area contributed by atoms with Crippen molar-refractivity contribution < 1.29 is 19.1 Å². The van der Waals surface area contributed by atoms with E-state index in [2.05, 4.69) is 16.0 Å². The molecule has 34 heavy (non-hydrogen) atoms. The molecule has 0 unspecified atom stereocenters. The number of hydrogen-bond donors (Lipinski definition) is 3. The van der Waals surface area contributed by atoms with Gasteiger partial charge in [0, 0.05) is 11.3 Å². The van der Waals surface area contributed by atoms with Gasteiger partial charge >= 0.3 is 6.09 Å². The number of amides is 3. The summed E-state index contributed by atoms with van der Waals surface area (Å²) in [4.78, 5) is 38.8. The minimum Gasteiger partial charge on any atom is -0.445 e. The van der Waals surface area contributed by atoms with Crippen LogP contribution >= 0.6 is 11.8 Å². The van der Waals surface area contributed by atoms with Gasteiger partial charge in [-0.25, -0.2) is 4.79 Å². The molecule has 1 saturated heterocycles. The van der Waals surface area contributed by atoms with E-state index in [0.29, 0.717) is 0 Å². The zero-order valence-corrected chi connectivity index (χ0v) is 19.2. The Kier molecular flexibility index (Phi) is 7.83. The van der Waals surface area contributed by atoms with Gasteiger partial charge in [0.2, 0.25) is 11.8 Å². The number of β-lactam (4-membered cyclic amide) rings is 1. The van der Waals surface area contributed by atoms with Gasteiger partial charge in [-0.2, -0.15) is 0 Å². The highest BCUT2D eigenvalue weighted by Crippen LogP contribution is 2.28.